The Morgan fingerprint density at radius 3 is 2.79 bits per heavy atom. The van der Waals surface area contributed by atoms with Crippen molar-refractivity contribution in [3.63, 3.8) is 0 Å². The van der Waals surface area contributed by atoms with E-state index in [1.807, 2.05) is 0 Å². The van der Waals surface area contributed by atoms with Crippen LogP contribution in [0.25, 0.3) is 0 Å². The largest absolute Gasteiger partial charge is 0.478 e. The first kappa shape index (κ1) is 14.4. The number of hydrogen-bond acceptors (Lipinski definition) is 4. The molecule has 7 heteroatoms. The Labute approximate surface area is 116 Å². The number of carboxylic acid groups (broad SMARTS) is 1. The number of benzene rings is 1. The van der Waals surface area contributed by atoms with E-state index >= 15 is 0 Å². The molecule has 19 heavy (non-hydrogen) atoms. The van der Waals surface area contributed by atoms with Crippen LogP contribution in [-0.4, -0.2) is 48.4 Å². The molecule has 0 saturated carbocycles. The van der Waals surface area contributed by atoms with Gasteiger partial charge in [0.05, 0.1) is 10.5 Å². The number of aromatic carboxylic acids is 1. The van der Waals surface area contributed by atoms with Crippen LogP contribution in [-0.2, 0) is 10.0 Å². The number of hydrogen-bond donors (Lipinski definition) is 1. The molecule has 1 N–H and O–H groups in total. The third-order valence-electron chi connectivity index (χ3n) is 3.18. The average molecular weight is 301 g/mol. The Morgan fingerprint density at radius 1 is 1.47 bits per heavy atom. The van der Waals surface area contributed by atoms with Crippen molar-refractivity contribution in [3.8, 4) is 0 Å². The molecule has 0 bridgehead atoms. The second-order valence-electron chi connectivity index (χ2n) is 4.37. The molecule has 0 aromatic heterocycles. The molecule has 1 aliphatic heterocycles. The zero-order chi connectivity index (χ0) is 14.0. The van der Waals surface area contributed by atoms with Crippen molar-refractivity contribution >= 4 is 27.8 Å². The van der Waals surface area contributed by atoms with Gasteiger partial charge in [-0.3, -0.25) is 0 Å². The van der Waals surface area contributed by atoms with Gasteiger partial charge in [-0.05, 0) is 30.4 Å². The van der Waals surface area contributed by atoms with Gasteiger partial charge in [0.15, 0.2) is 0 Å². The molecular weight excluding hydrogens is 286 g/mol. The average Bonchev–Trinajstić information content (AvgIpc) is 2.91. The first-order valence-electron chi connectivity index (χ1n) is 5.82. The van der Waals surface area contributed by atoms with Crippen LogP contribution >= 0.6 is 11.8 Å². The molecular formula is C12H15NO4S2. The van der Waals surface area contributed by atoms with Gasteiger partial charge in [-0.1, -0.05) is 6.07 Å². The van der Waals surface area contributed by atoms with E-state index in [1.165, 1.54) is 28.6 Å². The van der Waals surface area contributed by atoms with Crippen molar-refractivity contribution in [3.05, 3.63) is 29.8 Å². The first-order chi connectivity index (χ1) is 8.93. The zero-order valence-electron chi connectivity index (χ0n) is 10.4. The van der Waals surface area contributed by atoms with E-state index in [0.29, 0.717) is 0 Å². The summed E-state index contributed by atoms with van der Waals surface area (Å²) in [5, 5.41) is 8.91. The van der Waals surface area contributed by atoms with E-state index in [4.69, 9.17) is 5.11 Å². The summed E-state index contributed by atoms with van der Waals surface area (Å²) in [7, 11) is -2.07. The minimum absolute atomic E-state index is 0.0107. The number of thioether (sulfide) groups is 1. The standard InChI is InChI=1S/C12H15NO4S2/c1-13(10-5-6-18-8-10)19(16,17)11-4-2-3-9(7-11)12(14)15/h2-4,7,10H,5-6,8H2,1H3,(H,14,15). The van der Waals surface area contributed by atoms with E-state index in [1.54, 1.807) is 18.8 Å². The lowest BCUT2D eigenvalue weighted by Crippen LogP contribution is -2.37. The summed E-state index contributed by atoms with van der Waals surface area (Å²) in [5.41, 5.74) is -0.0183. The fraction of sp³-hybridized carbons (Fsp3) is 0.417. The van der Waals surface area contributed by atoms with E-state index in [0.717, 1.165) is 17.9 Å². The molecule has 1 heterocycles. The van der Waals surface area contributed by atoms with Gasteiger partial charge >= 0.3 is 5.97 Å². The van der Waals surface area contributed by atoms with Crippen LogP contribution in [0.5, 0.6) is 0 Å². The SMILES string of the molecule is CN(C1CCSC1)S(=O)(=O)c1cccc(C(=O)O)c1. The Hall–Kier alpha value is -1.05. The Kier molecular flexibility index (Phi) is 4.17. The molecule has 5 nitrogen and oxygen atoms in total. The monoisotopic (exact) mass is 301 g/mol. The highest BCUT2D eigenvalue weighted by Gasteiger charge is 2.30. The summed E-state index contributed by atoms with van der Waals surface area (Å²) in [6, 6.07) is 5.46. The Bertz CT molecular complexity index is 579. The van der Waals surface area contributed by atoms with Gasteiger partial charge in [-0.15, -0.1) is 0 Å². The van der Waals surface area contributed by atoms with Crippen molar-refractivity contribution < 1.29 is 18.3 Å². The van der Waals surface area contributed by atoms with Crippen LogP contribution in [0.1, 0.15) is 16.8 Å². The molecule has 0 aliphatic carbocycles. The number of rotatable bonds is 4. The maximum atomic E-state index is 12.4. The van der Waals surface area contributed by atoms with Gasteiger partial charge in [0.2, 0.25) is 10.0 Å². The topological polar surface area (TPSA) is 74.7 Å². The molecule has 2 rings (SSSR count). The number of nitrogens with zero attached hydrogens (tertiary/aromatic N) is 1. The van der Waals surface area contributed by atoms with Crippen LogP contribution in [0.3, 0.4) is 0 Å². The first-order valence-corrected chi connectivity index (χ1v) is 8.41. The Balaban J connectivity index is 2.33. The predicted octanol–water partition coefficient (Wildman–Crippen LogP) is 1.51. The number of carbonyl (C=O) groups is 1. The normalized spacial score (nSPS) is 19.8. The minimum atomic E-state index is -3.62. The molecule has 0 radical (unpaired) electrons. The maximum absolute atomic E-state index is 12.4. The molecule has 1 unspecified atom stereocenters. The van der Waals surface area contributed by atoms with Gasteiger partial charge in [-0.25, -0.2) is 13.2 Å². The lowest BCUT2D eigenvalue weighted by molar-refractivity contribution is 0.0696. The third-order valence-corrected chi connectivity index (χ3v) is 6.23. The van der Waals surface area contributed by atoms with Crippen LogP contribution in [0.4, 0.5) is 0 Å². The van der Waals surface area contributed by atoms with Gasteiger partial charge in [-0.2, -0.15) is 16.1 Å². The lowest BCUT2D eigenvalue weighted by atomic mass is 10.2. The van der Waals surface area contributed by atoms with Crippen molar-refractivity contribution in [2.24, 2.45) is 0 Å². The second-order valence-corrected chi connectivity index (χ2v) is 7.52. The van der Waals surface area contributed by atoms with E-state index in [2.05, 4.69) is 0 Å². The maximum Gasteiger partial charge on any atom is 0.335 e. The highest BCUT2D eigenvalue weighted by Crippen LogP contribution is 2.26. The van der Waals surface area contributed by atoms with Gasteiger partial charge in [0.25, 0.3) is 0 Å². The summed E-state index contributed by atoms with van der Waals surface area (Å²) < 4.78 is 26.2. The van der Waals surface area contributed by atoms with Gasteiger partial charge in [0, 0.05) is 18.8 Å². The molecule has 1 saturated heterocycles. The lowest BCUT2D eigenvalue weighted by Gasteiger charge is -2.23. The van der Waals surface area contributed by atoms with Gasteiger partial charge in [0.1, 0.15) is 0 Å². The minimum Gasteiger partial charge on any atom is -0.478 e. The highest BCUT2D eigenvalue weighted by atomic mass is 32.2. The molecule has 104 valence electrons. The molecule has 0 amide bonds. The summed E-state index contributed by atoms with van der Waals surface area (Å²) in [5.74, 6) is 0.616. The van der Waals surface area contributed by atoms with Crippen molar-refractivity contribution in [1.82, 2.24) is 4.31 Å². The quantitative estimate of drug-likeness (QED) is 0.912. The van der Waals surface area contributed by atoms with E-state index in [-0.39, 0.29) is 16.5 Å². The van der Waals surface area contributed by atoms with Crippen LogP contribution in [0.2, 0.25) is 0 Å². The van der Waals surface area contributed by atoms with Crippen molar-refractivity contribution in [1.29, 1.82) is 0 Å². The molecule has 1 aromatic carbocycles. The van der Waals surface area contributed by atoms with E-state index < -0.39 is 16.0 Å². The fourth-order valence-corrected chi connectivity index (χ4v) is 4.75. The van der Waals surface area contributed by atoms with Crippen LogP contribution in [0.15, 0.2) is 29.2 Å². The smallest absolute Gasteiger partial charge is 0.335 e. The summed E-state index contributed by atoms with van der Waals surface area (Å²) >= 11 is 1.73. The van der Waals surface area contributed by atoms with Gasteiger partial charge < -0.3 is 5.11 Å². The summed E-state index contributed by atoms with van der Waals surface area (Å²) in [6.45, 7) is 0. The second kappa shape index (κ2) is 5.52. The van der Waals surface area contributed by atoms with Crippen LogP contribution in [0, 0.1) is 0 Å². The van der Waals surface area contributed by atoms with Crippen LogP contribution < -0.4 is 0 Å². The Morgan fingerprint density at radius 2 is 2.21 bits per heavy atom. The molecule has 1 atom stereocenters. The highest BCUT2D eigenvalue weighted by molar-refractivity contribution is 7.99. The summed E-state index contributed by atoms with van der Waals surface area (Å²) in [6.07, 6.45) is 0.832. The predicted molar refractivity (Wildman–Crippen MR) is 74.1 cm³/mol. The number of carboxylic acids is 1. The molecule has 1 fully saturated rings. The summed E-state index contributed by atoms with van der Waals surface area (Å²) in [4.78, 5) is 10.9. The molecule has 1 aromatic rings. The molecule has 0 spiro atoms. The van der Waals surface area contributed by atoms with Crippen molar-refractivity contribution in [2.45, 2.75) is 17.4 Å². The fourth-order valence-electron chi connectivity index (χ4n) is 1.96. The molecule has 1 aliphatic rings. The van der Waals surface area contributed by atoms with E-state index in [9.17, 15) is 13.2 Å². The number of sulfonamides is 1. The van der Waals surface area contributed by atoms with Crippen molar-refractivity contribution in [2.75, 3.05) is 18.6 Å². The zero-order valence-corrected chi connectivity index (χ0v) is 12.1. The third kappa shape index (κ3) is 2.93.